The van der Waals surface area contributed by atoms with Gasteiger partial charge in [-0.05, 0) is 32.7 Å². The molecule has 0 heterocycles. The lowest BCUT2D eigenvalue weighted by Crippen LogP contribution is -2.28. The van der Waals surface area contributed by atoms with Gasteiger partial charge in [0.15, 0.2) is 0 Å². The molecule has 0 fully saturated rings. The maximum atomic E-state index is 11.8. The van der Waals surface area contributed by atoms with Crippen molar-refractivity contribution in [3.8, 4) is 0 Å². The number of rotatable bonds is 11. The molecule has 0 saturated carbocycles. The molecule has 0 amide bonds. The number of halogens is 3. The van der Waals surface area contributed by atoms with Crippen molar-refractivity contribution in [2.75, 3.05) is 19.8 Å². The van der Waals surface area contributed by atoms with E-state index in [0.717, 1.165) is 12.8 Å². The molecule has 2 N–H and O–H groups in total. The number of alkyl halides is 3. The second-order valence-electron chi connectivity index (χ2n) is 5.05. The van der Waals surface area contributed by atoms with Crippen LogP contribution in [0.2, 0.25) is 0 Å². The molecule has 7 heteroatoms. The van der Waals surface area contributed by atoms with Crippen molar-refractivity contribution < 1.29 is 27.8 Å². The highest BCUT2D eigenvalue weighted by molar-refractivity contribution is 5.69. The van der Waals surface area contributed by atoms with E-state index >= 15 is 0 Å². The standard InChI is InChI=1S/C13H24F3NO3/c1-10(12(18)19)5-3-6-11(2)17-7-4-8-20-9-13(14,15)16/h10-11,17H,3-9H2,1-2H3,(H,18,19). The van der Waals surface area contributed by atoms with Crippen LogP contribution in [0.5, 0.6) is 0 Å². The van der Waals surface area contributed by atoms with Crippen molar-refractivity contribution >= 4 is 5.97 Å². The van der Waals surface area contributed by atoms with Gasteiger partial charge < -0.3 is 15.2 Å². The van der Waals surface area contributed by atoms with Gasteiger partial charge in [0, 0.05) is 12.6 Å². The first-order valence-corrected chi connectivity index (χ1v) is 6.83. The highest BCUT2D eigenvalue weighted by Crippen LogP contribution is 2.14. The Labute approximate surface area is 117 Å². The maximum absolute atomic E-state index is 11.8. The SMILES string of the molecule is CC(CCCC(C)C(=O)O)NCCCOCC(F)(F)F. The van der Waals surface area contributed by atoms with Crippen LogP contribution in [0.25, 0.3) is 0 Å². The topological polar surface area (TPSA) is 58.6 Å². The van der Waals surface area contributed by atoms with Crippen LogP contribution in [0.4, 0.5) is 13.2 Å². The van der Waals surface area contributed by atoms with Gasteiger partial charge in [-0.25, -0.2) is 0 Å². The van der Waals surface area contributed by atoms with Crippen molar-refractivity contribution in [1.29, 1.82) is 0 Å². The van der Waals surface area contributed by atoms with Crippen molar-refractivity contribution in [2.24, 2.45) is 5.92 Å². The van der Waals surface area contributed by atoms with E-state index in [0.29, 0.717) is 19.4 Å². The summed E-state index contributed by atoms with van der Waals surface area (Å²) in [7, 11) is 0. The van der Waals surface area contributed by atoms with E-state index in [1.54, 1.807) is 6.92 Å². The van der Waals surface area contributed by atoms with Gasteiger partial charge in [0.05, 0.1) is 5.92 Å². The highest BCUT2D eigenvalue weighted by atomic mass is 19.4. The lowest BCUT2D eigenvalue weighted by Gasteiger charge is -2.14. The van der Waals surface area contributed by atoms with Crippen LogP contribution in [0.15, 0.2) is 0 Å². The summed E-state index contributed by atoms with van der Waals surface area (Å²) in [5, 5.41) is 11.9. The van der Waals surface area contributed by atoms with Gasteiger partial charge >= 0.3 is 12.1 Å². The van der Waals surface area contributed by atoms with Crippen LogP contribution in [0.3, 0.4) is 0 Å². The average molecular weight is 299 g/mol. The normalized spacial score (nSPS) is 15.1. The molecule has 20 heavy (non-hydrogen) atoms. The first-order valence-electron chi connectivity index (χ1n) is 6.83. The van der Waals surface area contributed by atoms with Gasteiger partial charge in [-0.3, -0.25) is 4.79 Å². The minimum absolute atomic E-state index is 0.0786. The number of carboxylic acid groups (broad SMARTS) is 1. The van der Waals surface area contributed by atoms with E-state index in [4.69, 9.17) is 5.11 Å². The summed E-state index contributed by atoms with van der Waals surface area (Å²) in [6.07, 6.45) is -1.45. The van der Waals surface area contributed by atoms with E-state index in [-0.39, 0.29) is 18.6 Å². The molecule has 0 aromatic carbocycles. The van der Waals surface area contributed by atoms with Gasteiger partial charge in [0.2, 0.25) is 0 Å². The van der Waals surface area contributed by atoms with E-state index < -0.39 is 18.8 Å². The fraction of sp³-hybridized carbons (Fsp3) is 0.923. The third-order valence-corrected chi connectivity index (χ3v) is 2.92. The Morgan fingerprint density at radius 1 is 1.25 bits per heavy atom. The zero-order chi connectivity index (χ0) is 15.6. The number of hydrogen-bond acceptors (Lipinski definition) is 3. The van der Waals surface area contributed by atoms with Crippen molar-refractivity contribution in [3.63, 3.8) is 0 Å². The summed E-state index contributed by atoms with van der Waals surface area (Å²) in [5.74, 6) is -1.12. The molecule has 0 bridgehead atoms. The average Bonchev–Trinajstić information content (AvgIpc) is 2.32. The largest absolute Gasteiger partial charge is 0.481 e. The second kappa shape index (κ2) is 9.99. The summed E-state index contributed by atoms with van der Waals surface area (Å²) in [6, 6.07) is 0.221. The van der Waals surface area contributed by atoms with E-state index in [1.807, 2.05) is 6.92 Å². The fourth-order valence-electron chi connectivity index (χ4n) is 1.67. The van der Waals surface area contributed by atoms with Gasteiger partial charge in [0.25, 0.3) is 0 Å². The molecule has 2 atom stereocenters. The fourth-order valence-corrected chi connectivity index (χ4v) is 1.67. The zero-order valence-electron chi connectivity index (χ0n) is 12.0. The molecule has 0 aliphatic carbocycles. The molecule has 0 aliphatic heterocycles. The van der Waals surface area contributed by atoms with Crippen LogP contribution in [0.1, 0.15) is 39.5 Å². The van der Waals surface area contributed by atoms with E-state index in [1.165, 1.54) is 0 Å². The number of nitrogens with one attached hydrogen (secondary N) is 1. The van der Waals surface area contributed by atoms with Crippen LogP contribution in [-0.4, -0.2) is 43.1 Å². The third kappa shape index (κ3) is 12.2. The molecule has 0 aromatic heterocycles. The van der Waals surface area contributed by atoms with Crippen LogP contribution in [0, 0.1) is 5.92 Å². The Morgan fingerprint density at radius 2 is 1.90 bits per heavy atom. The molecule has 0 spiro atoms. The Bertz CT molecular complexity index is 272. The number of carboxylic acids is 1. The predicted molar refractivity (Wildman–Crippen MR) is 69.6 cm³/mol. The van der Waals surface area contributed by atoms with Crippen molar-refractivity contribution in [1.82, 2.24) is 5.32 Å². The maximum Gasteiger partial charge on any atom is 0.411 e. The van der Waals surface area contributed by atoms with Gasteiger partial charge in [0.1, 0.15) is 6.61 Å². The summed E-state index contributed by atoms with van der Waals surface area (Å²) < 4.78 is 39.8. The molecule has 0 radical (unpaired) electrons. The first-order chi connectivity index (χ1) is 9.22. The lowest BCUT2D eigenvalue weighted by atomic mass is 10.0. The Balaban J connectivity index is 3.41. The van der Waals surface area contributed by atoms with Crippen molar-refractivity contribution in [3.05, 3.63) is 0 Å². The van der Waals surface area contributed by atoms with Gasteiger partial charge in [-0.2, -0.15) is 13.2 Å². The smallest absolute Gasteiger partial charge is 0.411 e. The summed E-state index contributed by atoms with van der Waals surface area (Å²) in [6.45, 7) is 3.12. The Kier molecular flexibility index (Phi) is 9.58. The van der Waals surface area contributed by atoms with E-state index in [2.05, 4.69) is 10.1 Å². The van der Waals surface area contributed by atoms with Crippen molar-refractivity contribution in [2.45, 2.75) is 51.7 Å². The Hall–Kier alpha value is -0.820. The quantitative estimate of drug-likeness (QED) is 0.576. The highest BCUT2D eigenvalue weighted by Gasteiger charge is 2.27. The molecule has 0 aliphatic rings. The number of aliphatic carboxylic acids is 1. The van der Waals surface area contributed by atoms with Crippen LogP contribution in [-0.2, 0) is 9.53 Å². The molecule has 0 rings (SSSR count). The molecular formula is C13H24F3NO3. The number of carbonyl (C=O) groups is 1. The number of ether oxygens (including phenoxy) is 1. The zero-order valence-corrected chi connectivity index (χ0v) is 12.0. The molecule has 0 saturated heterocycles. The molecule has 2 unspecified atom stereocenters. The lowest BCUT2D eigenvalue weighted by molar-refractivity contribution is -0.174. The van der Waals surface area contributed by atoms with Gasteiger partial charge in [-0.15, -0.1) is 0 Å². The summed E-state index contributed by atoms with van der Waals surface area (Å²) >= 11 is 0. The molecular weight excluding hydrogens is 275 g/mol. The third-order valence-electron chi connectivity index (χ3n) is 2.92. The number of hydrogen-bond donors (Lipinski definition) is 2. The van der Waals surface area contributed by atoms with Gasteiger partial charge in [-0.1, -0.05) is 13.3 Å². The van der Waals surface area contributed by atoms with E-state index in [9.17, 15) is 18.0 Å². The molecule has 4 nitrogen and oxygen atoms in total. The van der Waals surface area contributed by atoms with Crippen LogP contribution < -0.4 is 5.32 Å². The predicted octanol–water partition coefficient (Wildman–Crippen LogP) is 2.82. The minimum atomic E-state index is -4.26. The summed E-state index contributed by atoms with van der Waals surface area (Å²) in [5.41, 5.74) is 0. The monoisotopic (exact) mass is 299 g/mol. The minimum Gasteiger partial charge on any atom is -0.481 e. The second-order valence-corrected chi connectivity index (χ2v) is 5.05. The molecule has 0 aromatic rings. The molecule has 120 valence electrons. The van der Waals surface area contributed by atoms with Crippen LogP contribution >= 0.6 is 0 Å². The summed E-state index contributed by atoms with van der Waals surface area (Å²) in [4.78, 5) is 10.6. The first kappa shape index (κ1) is 19.2. The Morgan fingerprint density at radius 3 is 2.45 bits per heavy atom.